The van der Waals surface area contributed by atoms with Crippen LogP contribution < -0.4 is 18.9 Å². The van der Waals surface area contributed by atoms with Crippen molar-refractivity contribution in [1.82, 2.24) is 4.90 Å². The van der Waals surface area contributed by atoms with Crippen molar-refractivity contribution < 1.29 is 33.6 Å². The lowest BCUT2D eigenvalue weighted by Crippen LogP contribution is -2.38. The number of carbonyl (C=O) groups excluding carboxylic acids is 1. The van der Waals surface area contributed by atoms with E-state index in [1.165, 1.54) is 0 Å². The van der Waals surface area contributed by atoms with E-state index in [0.29, 0.717) is 47.1 Å². The maximum absolute atomic E-state index is 11.8. The molecule has 4 aromatic carbocycles. The Morgan fingerprint density at radius 3 is 2.52 bits per heavy atom. The predicted octanol–water partition coefficient (Wildman–Crippen LogP) is 6.59. The number of rotatable bonds is 13. The van der Waals surface area contributed by atoms with Crippen molar-refractivity contribution in [3.05, 3.63) is 106 Å². The zero-order chi connectivity index (χ0) is 32.6. The Kier molecular flexibility index (Phi) is 10.4. The molecule has 0 amide bonds. The van der Waals surface area contributed by atoms with Gasteiger partial charge in [-0.1, -0.05) is 48.0 Å². The maximum atomic E-state index is 11.8. The molecule has 9 nitrogen and oxygen atoms in total. The average molecular weight is 641 g/mol. The number of nitrogens with zero attached hydrogens (tertiary/aromatic N) is 2. The van der Waals surface area contributed by atoms with Crippen molar-refractivity contribution in [2.24, 2.45) is 0 Å². The first-order chi connectivity index (χ1) is 22.3. The summed E-state index contributed by atoms with van der Waals surface area (Å²) in [6.07, 6.45) is 0.423. The van der Waals surface area contributed by atoms with Gasteiger partial charge in [0.05, 0.1) is 16.7 Å². The number of carbonyl (C=O) groups is 2. The van der Waals surface area contributed by atoms with E-state index in [9.17, 15) is 20.0 Å². The first-order valence-electron chi connectivity index (χ1n) is 14.7. The van der Waals surface area contributed by atoms with Gasteiger partial charge in [-0.15, -0.1) is 0 Å². The molecule has 5 rings (SSSR count). The maximum Gasteiger partial charge on any atom is 0.321 e. The van der Waals surface area contributed by atoms with E-state index in [-0.39, 0.29) is 26.2 Å². The van der Waals surface area contributed by atoms with E-state index >= 15 is 0 Å². The zero-order valence-electron chi connectivity index (χ0n) is 25.5. The summed E-state index contributed by atoms with van der Waals surface area (Å²) in [4.78, 5) is 24.5. The second-order valence-corrected chi connectivity index (χ2v) is 11.3. The Bertz CT molecular complexity index is 1790. The quantitative estimate of drug-likeness (QED) is 0.161. The van der Waals surface area contributed by atoms with Crippen LogP contribution in [0.2, 0.25) is 5.02 Å². The SMILES string of the molecule is Cc1c(COc2cc(OCc3cccc(C#N)c3)c(CN(C)C(CC=O)C(=O)O)cc2Cl)cccc1-c1ccc2c(c1)OCCO2. The smallest absolute Gasteiger partial charge is 0.321 e. The van der Waals surface area contributed by atoms with Crippen molar-refractivity contribution in [3.8, 4) is 40.2 Å². The van der Waals surface area contributed by atoms with Gasteiger partial charge in [0.15, 0.2) is 11.5 Å². The Balaban J connectivity index is 1.40. The molecular weight excluding hydrogens is 608 g/mol. The Morgan fingerprint density at radius 2 is 1.76 bits per heavy atom. The van der Waals surface area contributed by atoms with Crippen LogP contribution >= 0.6 is 11.6 Å². The molecule has 1 unspecified atom stereocenters. The monoisotopic (exact) mass is 640 g/mol. The molecule has 0 aliphatic carbocycles. The van der Waals surface area contributed by atoms with Gasteiger partial charge < -0.3 is 28.8 Å². The summed E-state index contributed by atoms with van der Waals surface area (Å²) in [6.45, 7) is 3.61. The van der Waals surface area contributed by atoms with E-state index in [1.807, 2.05) is 49.4 Å². The van der Waals surface area contributed by atoms with Gasteiger partial charge in [0.1, 0.15) is 50.3 Å². The van der Waals surface area contributed by atoms with Crippen molar-refractivity contribution in [3.63, 3.8) is 0 Å². The van der Waals surface area contributed by atoms with E-state index in [1.54, 1.807) is 42.3 Å². The first-order valence-corrected chi connectivity index (χ1v) is 15.1. The minimum atomic E-state index is -1.11. The number of carboxylic acid groups (broad SMARTS) is 1. The molecule has 1 N–H and O–H groups in total. The highest BCUT2D eigenvalue weighted by Crippen LogP contribution is 2.38. The summed E-state index contributed by atoms with van der Waals surface area (Å²) in [5.41, 5.74) is 5.94. The molecule has 0 saturated carbocycles. The van der Waals surface area contributed by atoms with Crippen molar-refractivity contribution in [1.29, 1.82) is 5.26 Å². The lowest BCUT2D eigenvalue weighted by atomic mass is 9.96. The highest BCUT2D eigenvalue weighted by atomic mass is 35.5. The molecule has 0 aromatic heterocycles. The number of ether oxygens (including phenoxy) is 4. The van der Waals surface area contributed by atoms with Gasteiger partial charge in [0.25, 0.3) is 0 Å². The molecule has 1 aliphatic heterocycles. The standard InChI is InChI=1S/C36H33ClN2O7/c1-23-27(7-4-8-29(23)26-9-10-32-35(17-26)44-14-13-43-32)22-46-34-18-33(45-21-25-6-3-5-24(15-25)19-38)28(16-30(34)37)20-39(2)31(11-12-40)36(41)42/h3-10,12,15-18,31H,11,13-14,20-22H2,1-2H3,(H,41,42). The lowest BCUT2D eigenvalue weighted by molar-refractivity contribution is -0.144. The molecule has 0 radical (unpaired) electrons. The van der Waals surface area contributed by atoms with Crippen LogP contribution in [0.5, 0.6) is 23.0 Å². The highest BCUT2D eigenvalue weighted by Gasteiger charge is 2.24. The molecule has 46 heavy (non-hydrogen) atoms. The Hall–Kier alpha value is -5.04. The first kappa shape index (κ1) is 32.4. The van der Waals surface area contributed by atoms with Gasteiger partial charge in [0, 0.05) is 24.6 Å². The van der Waals surface area contributed by atoms with Gasteiger partial charge in [-0.2, -0.15) is 5.26 Å². The topological polar surface area (TPSA) is 118 Å². The number of nitriles is 1. The summed E-state index contributed by atoms with van der Waals surface area (Å²) >= 11 is 6.71. The number of likely N-dealkylation sites (N-methyl/N-ethyl adjacent to an activating group) is 1. The number of benzene rings is 4. The van der Waals surface area contributed by atoms with Gasteiger partial charge in [-0.3, -0.25) is 9.69 Å². The molecule has 1 heterocycles. The van der Waals surface area contributed by atoms with Crippen molar-refractivity contribution in [2.75, 3.05) is 20.3 Å². The van der Waals surface area contributed by atoms with Crippen LogP contribution in [-0.2, 0) is 29.3 Å². The van der Waals surface area contributed by atoms with Gasteiger partial charge >= 0.3 is 5.97 Å². The summed E-state index contributed by atoms with van der Waals surface area (Å²) < 4.78 is 23.9. The van der Waals surface area contributed by atoms with E-state index < -0.39 is 12.0 Å². The lowest BCUT2D eigenvalue weighted by Gasteiger charge is -2.25. The fourth-order valence-corrected chi connectivity index (χ4v) is 5.54. The second-order valence-electron chi connectivity index (χ2n) is 10.9. The summed E-state index contributed by atoms with van der Waals surface area (Å²) in [5, 5.41) is 19.3. The normalized spacial score (nSPS) is 12.7. The number of aliphatic carboxylic acids is 1. The number of carboxylic acids is 1. The van der Waals surface area contributed by atoms with Gasteiger partial charge in [-0.05, 0) is 72.1 Å². The largest absolute Gasteiger partial charge is 0.488 e. The predicted molar refractivity (Wildman–Crippen MR) is 172 cm³/mol. The van der Waals surface area contributed by atoms with Gasteiger partial charge in [-0.25, -0.2) is 0 Å². The van der Waals surface area contributed by atoms with Crippen LogP contribution in [0.4, 0.5) is 0 Å². The third-order valence-corrected chi connectivity index (χ3v) is 8.10. The van der Waals surface area contributed by atoms with E-state index in [4.69, 9.17) is 30.5 Å². The second kappa shape index (κ2) is 14.8. The highest BCUT2D eigenvalue weighted by molar-refractivity contribution is 6.32. The number of aldehydes is 1. The Morgan fingerprint density at radius 1 is 1.00 bits per heavy atom. The molecular formula is C36H33ClN2O7. The fraction of sp³-hybridized carbons (Fsp3) is 0.250. The summed E-state index contributed by atoms with van der Waals surface area (Å²) in [7, 11) is 1.62. The minimum Gasteiger partial charge on any atom is -0.488 e. The van der Waals surface area contributed by atoms with Crippen molar-refractivity contribution in [2.45, 2.75) is 39.1 Å². The number of hydrogen-bond acceptors (Lipinski definition) is 8. The molecule has 0 bridgehead atoms. The third-order valence-electron chi connectivity index (χ3n) is 7.80. The van der Waals surface area contributed by atoms with Crippen LogP contribution in [0.25, 0.3) is 11.1 Å². The minimum absolute atomic E-state index is 0.148. The number of fused-ring (bicyclic) bond motifs is 1. The third kappa shape index (κ3) is 7.60. The molecule has 4 aromatic rings. The van der Waals surface area contributed by atoms with Gasteiger partial charge in [0.2, 0.25) is 0 Å². The molecule has 0 spiro atoms. The molecule has 236 valence electrons. The summed E-state index contributed by atoms with van der Waals surface area (Å²) in [6, 6.07) is 23.5. The average Bonchev–Trinajstić information content (AvgIpc) is 3.06. The van der Waals surface area contributed by atoms with Crippen LogP contribution in [-0.4, -0.2) is 48.6 Å². The Labute approximate surface area is 272 Å². The fourth-order valence-electron chi connectivity index (χ4n) is 5.29. The number of halogens is 1. The zero-order valence-corrected chi connectivity index (χ0v) is 26.3. The van der Waals surface area contributed by atoms with Crippen LogP contribution in [0, 0.1) is 18.3 Å². The molecule has 1 aliphatic rings. The van der Waals surface area contributed by atoms with Crippen LogP contribution in [0.3, 0.4) is 0 Å². The molecule has 0 fully saturated rings. The number of hydrogen-bond donors (Lipinski definition) is 1. The summed E-state index contributed by atoms with van der Waals surface area (Å²) in [5.74, 6) is 1.17. The van der Waals surface area contributed by atoms with Crippen LogP contribution in [0.15, 0.2) is 72.8 Å². The molecule has 0 saturated heterocycles. The van der Waals surface area contributed by atoms with Crippen LogP contribution in [0.1, 0.15) is 34.2 Å². The molecule has 1 atom stereocenters. The van der Waals surface area contributed by atoms with E-state index in [0.717, 1.165) is 39.3 Å². The van der Waals surface area contributed by atoms with Crippen molar-refractivity contribution >= 4 is 23.9 Å². The molecule has 10 heteroatoms. The van der Waals surface area contributed by atoms with E-state index in [2.05, 4.69) is 6.07 Å².